The number of ether oxygens (including phenoxy) is 1. The van der Waals surface area contributed by atoms with E-state index < -0.39 is 21.9 Å². The van der Waals surface area contributed by atoms with Gasteiger partial charge in [0.15, 0.2) is 0 Å². The lowest BCUT2D eigenvalue weighted by Crippen LogP contribution is -2.30. The second-order valence-electron chi connectivity index (χ2n) is 9.99. The van der Waals surface area contributed by atoms with Crippen LogP contribution in [0.1, 0.15) is 30.9 Å². The van der Waals surface area contributed by atoms with Gasteiger partial charge in [-0.3, -0.25) is 9.69 Å². The fourth-order valence-electron chi connectivity index (χ4n) is 4.87. The van der Waals surface area contributed by atoms with Crippen LogP contribution in [0.25, 0.3) is 6.08 Å². The minimum atomic E-state index is -4.04. The van der Waals surface area contributed by atoms with Crippen molar-refractivity contribution in [1.82, 2.24) is 4.31 Å². The van der Waals surface area contributed by atoms with Crippen LogP contribution in [0.3, 0.4) is 0 Å². The number of carbonyl (C=O) groups excluding carboxylic acids is 2. The van der Waals surface area contributed by atoms with Crippen LogP contribution in [0.2, 0.25) is 15.1 Å². The molecule has 0 N–H and O–H groups in total. The number of hydrogen-bond donors (Lipinski definition) is 0. The first-order valence-corrected chi connectivity index (χ1v) is 16.3. The van der Waals surface area contributed by atoms with Crippen molar-refractivity contribution >= 4 is 68.5 Å². The predicted octanol–water partition coefficient (Wildman–Crippen LogP) is 7.90. The molecule has 8 nitrogen and oxygen atoms in total. The molecule has 0 radical (unpaired) electrons. The van der Waals surface area contributed by atoms with Gasteiger partial charge in [-0.25, -0.2) is 13.2 Å². The van der Waals surface area contributed by atoms with Crippen molar-refractivity contribution in [2.45, 2.75) is 31.8 Å². The monoisotopic (exact) mass is 684 g/mol. The molecular weight excluding hydrogens is 659 g/mol. The van der Waals surface area contributed by atoms with Crippen molar-refractivity contribution in [3.8, 4) is 0 Å². The molecule has 0 fully saturated rings. The van der Waals surface area contributed by atoms with E-state index in [-0.39, 0.29) is 46.5 Å². The Labute approximate surface area is 276 Å². The van der Waals surface area contributed by atoms with Gasteiger partial charge in [0, 0.05) is 23.0 Å². The Morgan fingerprint density at radius 1 is 0.933 bits per heavy atom. The number of benzene rings is 3. The number of halogens is 3. The number of anilines is 1. The molecular formula is C33H27Cl3N2O6S. The number of hydrogen-bond acceptors (Lipinski definition) is 6. The molecule has 0 bridgehead atoms. The molecule has 0 spiro atoms. The Kier molecular flexibility index (Phi) is 9.86. The quantitative estimate of drug-likeness (QED) is 0.124. The van der Waals surface area contributed by atoms with E-state index in [1.54, 1.807) is 68.4 Å². The van der Waals surface area contributed by atoms with Crippen LogP contribution in [0.5, 0.6) is 0 Å². The van der Waals surface area contributed by atoms with Crippen molar-refractivity contribution in [2.75, 3.05) is 11.5 Å². The van der Waals surface area contributed by atoms with E-state index in [2.05, 4.69) is 0 Å². The molecule has 1 aliphatic rings. The number of amides is 1. The molecule has 45 heavy (non-hydrogen) atoms. The van der Waals surface area contributed by atoms with Gasteiger partial charge >= 0.3 is 5.97 Å². The van der Waals surface area contributed by atoms with Gasteiger partial charge in [0.2, 0.25) is 10.0 Å². The molecule has 5 rings (SSSR count). The maximum absolute atomic E-state index is 13.8. The Bertz CT molecular complexity index is 1920. The molecule has 1 aromatic heterocycles. The first-order valence-electron chi connectivity index (χ1n) is 13.8. The van der Waals surface area contributed by atoms with E-state index in [9.17, 15) is 18.0 Å². The molecule has 0 unspecified atom stereocenters. The van der Waals surface area contributed by atoms with E-state index in [0.29, 0.717) is 32.8 Å². The predicted molar refractivity (Wildman–Crippen MR) is 174 cm³/mol. The molecule has 232 valence electrons. The van der Waals surface area contributed by atoms with Gasteiger partial charge in [-0.05, 0) is 86.2 Å². The van der Waals surface area contributed by atoms with Crippen molar-refractivity contribution in [3.05, 3.63) is 134 Å². The van der Waals surface area contributed by atoms with Crippen LogP contribution in [0, 0.1) is 0 Å². The number of furan rings is 1. The van der Waals surface area contributed by atoms with Crippen LogP contribution >= 0.6 is 34.8 Å². The summed E-state index contributed by atoms with van der Waals surface area (Å²) in [5.74, 6) is -0.521. The number of carbonyl (C=O) groups is 2. The number of rotatable bonds is 10. The highest BCUT2D eigenvalue weighted by Crippen LogP contribution is 2.36. The smallest absolute Gasteiger partial charge is 0.340 e. The summed E-state index contributed by atoms with van der Waals surface area (Å²) in [5, 5.41) is 1.03. The summed E-state index contributed by atoms with van der Waals surface area (Å²) in [6, 6.07) is 22.9. The molecule has 0 aliphatic carbocycles. The second kappa shape index (κ2) is 13.6. The normalized spacial score (nSPS) is 14.6. The van der Waals surface area contributed by atoms with Crippen LogP contribution < -0.4 is 4.90 Å². The van der Waals surface area contributed by atoms with Crippen LogP contribution in [-0.4, -0.2) is 31.2 Å². The zero-order valence-corrected chi connectivity index (χ0v) is 27.3. The highest BCUT2D eigenvalue weighted by Gasteiger charge is 2.38. The van der Waals surface area contributed by atoms with Crippen LogP contribution in [-0.2, 0) is 37.4 Å². The lowest BCUT2D eigenvalue weighted by Gasteiger charge is -2.22. The lowest BCUT2D eigenvalue weighted by molar-refractivity contribution is -0.138. The minimum Gasteiger partial charge on any atom is -0.462 e. The highest BCUT2D eigenvalue weighted by atomic mass is 35.5. The number of esters is 1. The van der Waals surface area contributed by atoms with E-state index >= 15 is 0 Å². The zero-order valence-electron chi connectivity index (χ0n) is 24.2. The van der Waals surface area contributed by atoms with E-state index in [4.69, 9.17) is 44.0 Å². The van der Waals surface area contributed by atoms with Crippen molar-refractivity contribution in [2.24, 2.45) is 0 Å². The fraction of sp³-hybridized carbons (Fsp3) is 0.152. The van der Waals surface area contributed by atoms with Gasteiger partial charge in [0.05, 0.1) is 39.2 Å². The lowest BCUT2D eigenvalue weighted by atomic mass is 10.1. The summed E-state index contributed by atoms with van der Waals surface area (Å²) in [7, 11) is -4.04. The second-order valence-corrected chi connectivity index (χ2v) is 13.2. The van der Waals surface area contributed by atoms with Gasteiger partial charge in [0.1, 0.15) is 11.5 Å². The Hall–Kier alpha value is -3.86. The topological polar surface area (TPSA) is 97.1 Å². The standard InChI is InChI=1S/C33H27Cl3N2O6S/c1-3-43-33(40)31-21(2)38(24-7-5-4-6-8-24)32(39)28(31)18-25-12-13-26(44-25)20-37(19-22-9-16-29(35)30(36)17-22)45(41,42)27-14-10-23(34)11-15-27/h4-18H,3,19-20H2,1-2H3/b28-18+. The van der Waals surface area contributed by atoms with Gasteiger partial charge in [-0.15, -0.1) is 0 Å². The molecule has 1 amide bonds. The maximum Gasteiger partial charge on any atom is 0.340 e. The summed E-state index contributed by atoms with van der Waals surface area (Å²) >= 11 is 18.3. The Morgan fingerprint density at radius 3 is 2.31 bits per heavy atom. The fourth-order valence-corrected chi connectivity index (χ4v) is 6.71. The van der Waals surface area contributed by atoms with Gasteiger partial charge in [-0.2, -0.15) is 4.31 Å². The van der Waals surface area contributed by atoms with Gasteiger partial charge in [0.25, 0.3) is 5.91 Å². The molecule has 12 heteroatoms. The molecule has 3 aromatic carbocycles. The average Bonchev–Trinajstić information content (AvgIpc) is 3.56. The third-order valence-electron chi connectivity index (χ3n) is 6.99. The van der Waals surface area contributed by atoms with Crippen molar-refractivity contribution in [1.29, 1.82) is 0 Å². The third-order valence-corrected chi connectivity index (χ3v) is 9.79. The Morgan fingerprint density at radius 2 is 1.64 bits per heavy atom. The summed E-state index contributed by atoms with van der Waals surface area (Å²) in [6.45, 7) is 3.29. The highest BCUT2D eigenvalue weighted by molar-refractivity contribution is 7.89. The number of nitrogens with zero attached hydrogens (tertiary/aromatic N) is 2. The first kappa shape index (κ1) is 32.5. The van der Waals surface area contributed by atoms with E-state index in [0.717, 1.165) is 0 Å². The van der Waals surface area contributed by atoms with E-state index in [1.807, 2.05) is 6.07 Å². The number of para-hydroxylation sites is 1. The van der Waals surface area contributed by atoms with Crippen molar-refractivity contribution < 1.29 is 27.2 Å². The first-order chi connectivity index (χ1) is 21.5. The summed E-state index contributed by atoms with van der Waals surface area (Å²) in [6.07, 6.45) is 1.46. The van der Waals surface area contributed by atoms with Crippen molar-refractivity contribution in [3.63, 3.8) is 0 Å². The zero-order chi connectivity index (χ0) is 32.3. The van der Waals surface area contributed by atoms with Gasteiger partial charge in [-0.1, -0.05) is 59.1 Å². The molecule has 4 aromatic rings. The maximum atomic E-state index is 13.8. The summed E-state index contributed by atoms with van der Waals surface area (Å²) in [4.78, 5) is 28.1. The van der Waals surface area contributed by atoms with E-state index in [1.165, 1.54) is 39.5 Å². The Balaban J connectivity index is 1.49. The molecule has 2 heterocycles. The molecule has 1 aliphatic heterocycles. The largest absolute Gasteiger partial charge is 0.462 e. The summed E-state index contributed by atoms with van der Waals surface area (Å²) in [5.41, 5.74) is 1.83. The molecule has 0 saturated heterocycles. The van der Waals surface area contributed by atoms with Gasteiger partial charge < -0.3 is 9.15 Å². The molecule has 0 saturated carbocycles. The number of sulfonamides is 1. The third kappa shape index (κ3) is 7.03. The van der Waals surface area contributed by atoms with Crippen LogP contribution in [0.4, 0.5) is 5.69 Å². The minimum absolute atomic E-state index is 0.0399. The SMILES string of the molecule is CCOC(=O)C1=C(C)N(c2ccccc2)C(=O)/C1=C/c1ccc(CN(Cc2ccc(Cl)c(Cl)c2)S(=O)(=O)c2ccc(Cl)cc2)o1. The number of allylic oxidation sites excluding steroid dienone is 1. The van der Waals surface area contributed by atoms with Crippen LogP contribution in [0.15, 0.2) is 111 Å². The average molecular weight is 686 g/mol. The summed E-state index contributed by atoms with van der Waals surface area (Å²) < 4.78 is 40.1. The molecule has 0 atom stereocenters.